The first-order valence-corrected chi connectivity index (χ1v) is 7.93. The largest absolute Gasteiger partial charge is 0.321 e. The standard InChI is InChI=1S/C15H16BrNOS/c1-3-10(2)11-4-6-12(7-5-11)17-15(18)14-13(16)8-9-19-14/h4-10H,3H2,1-2H3,(H,17,18). The van der Waals surface area contributed by atoms with Gasteiger partial charge in [0, 0.05) is 10.2 Å². The van der Waals surface area contributed by atoms with Crippen molar-refractivity contribution in [2.75, 3.05) is 5.32 Å². The maximum absolute atomic E-state index is 12.0. The number of benzene rings is 1. The van der Waals surface area contributed by atoms with E-state index in [1.807, 2.05) is 23.6 Å². The Morgan fingerprint density at radius 1 is 1.32 bits per heavy atom. The second kappa shape index (κ2) is 6.35. The Kier molecular flexibility index (Phi) is 4.77. The molecule has 1 amide bonds. The second-order valence-corrected chi connectivity index (χ2v) is 6.25. The summed E-state index contributed by atoms with van der Waals surface area (Å²) in [6, 6.07) is 9.95. The topological polar surface area (TPSA) is 29.1 Å². The van der Waals surface area contributed by atoms with Crippen molar-refractivity contribution in [3.8, 4) is 0 Å². The number of amides is 1. The fraction of sp³-hybridized carbons (Fsp3) is 0.267. The molecule has 1 atom stereocenters. The monoisotopic (exact) mass is 337 g/mol. The minimum atomic E-state index is -0.0711. The van der Waals surface area contributed by atoms with Gasteiger partial charge in [-0.25, -0.2) is 0 Å². The van der Waals surface area contributed by atoms with Gasteiger partial charge in [0.05, 0.1) is 0 Å². The van der Waals surface area contributed by atoms with Crippen LogP contribution in [-0.4, -0.2) is 5.91 Å². The van der Waals surface area contributed by atoms with Crippen molar-refractivity contribution in [2.45, 2.75) is 26.2 Å². The first-order valence-electron chi connectivity index (χ1n) is 6.26. The molecule has 1 unspecified atom stereocenters. The van der Waals surface area contributed by atoms with Crippen molar-refractivity contribution in [1.29, 1.82) is 0 Å². The van der Waals surface area contributed by atoms with E-state index in [0.29, 0.717) is 10.8 Å². The normalized spacial score (nSPS) is 12.2. The lowest BCUT2D eigenvalue weighted by atomic mass is 9.99. The predicted molar refractivity (Wildman–Crippen MR) is 85.1 cm³/mol. The molecular formula is C15H16BrNOS. The number of carbonyl (C=O) groups is 1. The van der Waals surface area contributed by atoms with Gasteiger partial charge < -0.3 is 5.32 Å². The summed E-state index contributed by atoms with van der Waals surface area (Å²) in [5, 5.41) is 4.80. The van der Waals surface area contributed by atoms with Crippen LogP contribution in [0.5, 0.6) is 0 Å². The van der Waals surface area contributed by atoms with E-state index in [4.69, 9.17) is 0 Å². The Bertz CT molecular complexity index is 562. The van der Waals surface area contributed by atoms with Crippen LogP contribution in [0.3, 0.4) is 0 Å². The zero-order valence-electron chi connectivity index (χ0n) is 10.9. The van der Waals surface area contributed by atoms with E-state index in [0.717, 1.165) is 16.6 Å². The fourth-order valence-corrected chi connectivity index (χ4v) is 3.22. The van der Waals surface area contributed by atoms with E-state index in [1.54, 1.807) is 0 Å². The number of thiophene rings is 1. The van der Waals surface area contributed by atoms with E-state index >= 15 is 0 Å². The van der Waals surface area contributed by atoms with Crippen LogP contribution in [0.1, 0.15) is 41.4 Å². The summed E-state index contributed by atoms with van der Waals surface area (Å²) in [7, 11) is 0. The molecule has 100 valence electrons. The van der Waals surface area contributed by atoms with Crippen LogP contribution in [0.2, 0.25) is 0 Å². The zero-order valence-corrected chi connectivity index (χ0v) is 13.3. The van der Waals surface area contributed by atoms with Gasteiger partial charge in [0.25, 0.3) is 5.91 Å². The highest BCUT2D eigenvalue weighted by molar-refractivity contribution is 9.10. The average Bonchev–Trinajstić information content (AvgIpc) is 2.85. The zero-order chi connectivity index (χ0) is 13.8. The van der Waals surface area contributed by atoms with Crippen LogP contribution in [0.25, 0.3) is 0 Å². The molecule has 1 heterocycles. The highest BCUT2D eigenvalue weighted by Gasteiger charge is 2.11. The fourth-order valence-electron chi connectivity index (χ4n) is 1.77. The molecule has 2 rings (SSSR count). The molecule has 0 aliphatic carbocycles. The molecule has 0 spiro atoms. The molecule has 1 aromatic heterocycles. The van der Waals surface area contributed by atoms with Gasteiger partial charge in [-0.3, -0.25) is 4.79 Å². The van der Waals surface area contributed by atoms with Gasteiger partial charge in [-0.15, -0.1) is 11.3 Å². The molecule has 0 aliphatic heterocycles. The van der Waals surface area contributed by atoms with Crippen LogP contribution in [-0.2, 0) is 0 Å². The van der Waals surface area contributed by atoms with Crippen LogP contribution in [0, 0.1) is 0 Å². The van der Waals surface area contributed by atoms with Crippen molar-refractivity contribution >= 4 is 38.9 Å². The summed E-state index contributed by atoms with van der Waals surface area (Å²) in [6.45, 7) is 4.38. The Balaban J connectivity index is 2.08. The number of hydrogen-bond acceptors (Lipinski definition) is 2. The lowest BCUT2D eigenvalue weighted by molar-refractivity contribution is 0.103. The molecule has 2 aromatic rings. The quantitative estimate of drug-likeness (QED) is 0.808. The third kappa shape index (κ3) is 3.45. The minimum absolute atomic E-state index is 0.0711. The van der Waals surface area contributed by atoms with Gasteiger partial charge in [-0.05, 0) is 57.4 Å². The molecule has 0 radical (unpaired) electrons. The lowest BCUT2D eigenvalue weighted by Crippen LogP contribution is -2.10. The van der Waals surface area contributed by atoms with Crippen molar-refractivity contribution < 1.29 is 4.79 Å². The summed E-state index contributed by atoms with van der Waals surface area (Å²) < 4.78 is 0.839. The van der Waals surface area contributed by atoms with Gasteiger partial charge in [-0.1, -0.05) is 26.0 Å². The molecule has 0 bridgehead atoms. The summed E-state index contributed by atoms with van der Waals surface area (Å²) in [4.78, 5) is 12.7. The number of hydrogen-bond donors (Lipinski definition) is 1. The van der Waals surface area contributed by atoms with Gasteiger partial charge in [0.1, 0.15) is 4.88 Å². The van der Waals surface area contributed by atoms with Crippen molar-refractivity contribution in [3.63, 3.8) is 0 Å². The van der Waals surface area contributed by atoms with Crippen LogP contribution >= 0.6 is 27.3 Å². The van der Waals surface area contributed by atoms with Gasteiger partial charge >= 0.3 is 0 Å². The molecule has 2 nitrogen and oxygen atoms in total. The molecule has 4 heteroatoms. The third-order valence-corrected chi connectivity index (χ3v) is 5.01. The molecule has 0 fully saturated rings. The number of carbonyl (C=O) groups excluding carboxylic acids is 1. The van der Waals surface area contributed by atoms with Crippen molar-refractivity contribution in [1.82, 2.24) is 0 Å². The smallest absolute Gasteiger partial charge is 0.266 e. The highest BCUT2D eigenvalue weighted by Crippen LogP contribution is 2.25. The number of anilines is 1. The maximum Gasteiger partial charge on any atom is 0.266 e. The summed E-state index contributed by atoms with van der Waals surface area (Å²) in [5.74, 6) is 0.481. The summed E-state index contributed by atoms with van der Waals surface area (Å²) in [5.41, 5.74) is 2.13. The van der Waals surface area contributed by atoms with Crippen LogP contribution < -0.4 is 5.32 Å². The van der Waals surface area contributed by atoms with Crippen molar-refractivity contribution in [3.05, 3.63) is 50.6 Å². The number of rotatable bonds is 4. The molecule has 0 saturated heterocycles. The first kappa shape index (κ1) is 14.3. The van der Waals surface area contributed by atoms with Gasteiger partial charge in [-0.2, -0.15) is 0 Å². The van der Waals surface area contributed by atoms with Crippen LogP contribution in [0.15, 0.2) is 40.2 Å². The second-order valence-electron chi connectivity index (χ2n) is 4.48. The summed E-state index contributed by atoms with van der Waals surface area (Å²) in [6.07, 6.45) is 1.12. The Hall–Kier alpha value is -1.13. The first-order chi connectivity index (χ1) is 9.11. The lowest BCUT2D eigenvalue weighted by Gasteiger charge is -2.10. The SMILES string of the molecule is CCC(C)c1ccc(NC(=O)c2sccc2Br)cc1. The Morgan fingerprint density at radius 2 is 2.00 bits per heavy atom. The van der Waals surface area contributed by atoms with Crippen LogP contribution in [0.4, 0.5) is 5.69 Å². The van der Waals surface area contributed by atoms with E-state index in [2.05, 4.69) is 47.2 Å². The molecule has 0 saturated carbocycles. The highest BCUT2D eigenvalue weighted by atomic mass is 79.9. The minimum Gasteiger partial charge on any atom is -0.321 e. The Morgan fingerprint density at radius 3 is 2.53 bits per heavy atom. The van der Waals surface area contributed by atoms with Gasteiger partial charge in [0.2, 0.25) is 0 Å². The molecule has 19 heavy (non-hydrogen) atoms. The van der Waals surface area contributed by atoms with E-state index in [-0.39, 0.29) is 5.91 Å². The predicted octanol–water partition coefficient (Wildman–Crippen LogP) is 5.28. The Labute approximate surface area is 126 Å². The number of nitrogens with one attached hydrogen (secondary N) is 1. The molecule has 1 aromatic carbocycles. The molecule has 1 N–H and O–H groups in total. The van der Waals surface area contributed by atoms with Gasteiger partial charge in [0.15, 0.2) is 0 Å². The van der Waals surface area contributed by atoms with Crippen molar-refractivity contribution in [2.24, 2.45) is 0 Å². The third-order valence-electron chi connectivity index (χ3n) is 3.17. The average molecular weight is 338 g/mol. The maximum atomic E-state index is 12.0. The number of halogens is 1. The summed E-state index contributed by atoms with van der Waals surface area (Å²) >= 11 is 4.80. The molecular weight excluding hydrogens is 322 g/mol. The van der Waals surface area contributed by atoms with E-state index < -0.39 is 0 Å². The van der Waals surface area contributed by atoms with E-state index in [1.165, 1.54) is 16.9 Å². The van der Waals surface area contributed by atoms with E-state index in [9.17, 15) is 4.79 Å². The molecule has 0 aliphatic rings.